The predicted octanol–water partition coefficient (Wildman–Crippen LogP) is 4.09. The van der Waals surface area contributed by atoms with E-state index in [0.717, 1.165) is 14.8 Å². The number of pyridine rings is 1. The van der Waals surface area contributed by atoms with E-state index in [1.54, 1.807) is 18.5 Å². The van der Waals surface area contributed by atoms with E-state index >= 15 is 0 Å². The molecule has 0 unspecified atom stereocenters. The highest BCUT2D eigenvalue weighted by Gasteiger charge is 2.03. The van der Waals surface area contributed by atoms with Crippen molar-refractivity contribution in [3.05, 3.63) is 56.6 Å². The van der Waals surface area contributed by atoms with Gasteiger partial charge in [0, 0.05) is 28.2 Å². The Morgan fingerprint density at radius 1 is 1.35 bits per heavy atom. The standard InChI is InChI=1S/C12H9ClFIN2/c13-10-7-16-4-3-8(10)6-17-12-2-1-9(14)5-11(12)15/h1-5,7,17H,6H2. The van der Waals surface area contributed by atoms with Crippen molar-refractivity contribution in [2.24, 2.45) is 0 Å². The van der Waals surface area contributed by atoms with E-state index in [1.165, 1.54) is 12.1 Å². The minimum absolute atomic E-state index is 0.234. The van der Waals surface area contributed by atoms with Crippen LogP contribution in [0.15, 0.2) is 36.7 Å². The number of aromatic nitrogens is 1. The van der Waals surface area contributed by atoms with Crippen LogP contribution < -0.4 is 5.32 Å². The minimum Gasteiger partial charge on any atom is -0.380 e. The van der Waals surface area contributed by atoms with Gasteiger partial charge in [-0.05, 0) is 52.4 Å². The van der Waals surface area contributed by atoms with Crippen LogP contribution in [0.5, 0.6) is 0 Å². The lowest BCUT2D eigenvalue weighted by molar-refractivity contribution is 0.627. The molecule has 0 aliphatic carbocycles. The van der Waals surface area contributed by atoms with Crippen LogP contribution >= 0.6 is 34.2 Å². The van der Waals surface area contributed by atoms with Crippen molar-refractivity contribution in [3.63, 3.8) is 0 Å². The Morgan fingerprint density at radius 2 is 2.18 bits per heavy atom. The number of nitrogens with zero attached hydrogens (tertiary/aromatic N) is 1. The highest BCUT2D eigenvalue weighted by atomic mass is 127. The van der Waals surface area contributed by atoms with Crippen LogP contribution in [0.3, 0.4) is 0 Å². The van der Waals surface area contributed by atoms with Crippen LogP contribution in [-0.4, -0.2) is 4.98 Å². The Morgan fingerprint density at radius 3 is 2.88 bits per heavy atom. The number of rotatable bonds is 3. The van der Waals surface area contributed by atoms with Crippen LogP contribution in [0.1, 0.15) is 5.56 Å². The number of hydrogen-bond donors (Lipinski definition) is 1. The number of anilines is 1. The van der Waals surface area contributed by atoms with E-state index in [-0.39, 0.29) is 5.82 Å². The summed E-state index contributed by atoms with van der Waals surface area (Å²) in [6, 6.07) is 6.48. The molecular formula is C12H9ClFIN2. The Bertz CT molecular complexity index is 534. The number of hydrogen-bond acceptors (Lipinski definition) is 2. The Hall–Kier alpha value is -0.880. The molecular weight excluding hydrogens is 354 g/mol. The summed E-state index contributed by atoms with van der Waals surface area (Å²) < 4.78 is 13.8. The van der Waals surface area contributed by atoms with Crippen molar-refractivity contribution in [2.75, 3.05) is 5.32 Å². The van der Waals surface area contributed by atoms with E-state index in [2.05, 4.69) is 32.9 Å². The Labute approximate surface area is 117 Å². The van der Waals surface area contributed by atoms with Crippen molar-refractivity contribution in [1.82, 2.24) is 4.98 Å². The Balaban J connectivity index is 2.10. The molecule has 1 N–H and O–H groups in total. The van der Waals surface area contributed by atoms with E-state index < -0.39 is 0 Å². The summed E-state index contributed by atoms with van der Waals surface area (Å²) in [5, 5.41) is 3.83. The molecule has 2 aromatic rings. The smallest absolute Gasteiger partial charge is 0.124 e. The molecule has 0 aliphatic rings. The van der Waals surface area contributed by atoms with Gasteiger partial charge < -0.3 is 5.32 Å². The third kappa shape index (κ3) is 3.29. The minimum atomic E-state index is -0.234. The van der Waals surface area contributed by atoms with Gasteiger partial charge >= 0.3 is 0 Å². The zero-order valence-corrected chi connectivity index (χ0v) is 11.7. The molecule has 5 heteroatoms. The second-order valence-corrected chi connectivity index (χ2v) is 5.01. The summed E-state index contributed by atoms with van der Waals surface area (Å²) in [5.41, 5.74) is 1.85. The summed E-state index contributed by atoms with van der Waals surface area (Å²) in [4.78, 5) is 3.92. The molecule has 2 nitrogen and oxygen atoms in total. The molecule has 0 amide bonds. The lowest BCUT2D eigenvalue weighted by Gasteiger charge is -2.09. The molecule has 0 spiro atoms. The molecule has 1 aromatic carbocycles. The van der Waals surface area contributed by atoms with Gasteiger partial charge in [0.05, 0.1) is 5.02 Å². The average molecular weight is 363 g/mol. The van der Waals surface area contributed by atoms with E-state index in [4.69, 9.17) is 11.6 Å². The molecule has 0 atom stereocenters. The molecule has 0 saturated heterocycles. The Kier molecular flexibility index (Phi) is 4.17. The molecule has 0 radical (unpaired) electrons. The van der Waals surface area contributed by atoms with Gasteiger partial charge in [-0.3, -0.25) is 4.98 Å². The summed E-state index contributed by atoms with van der Waals surface area (Å²) in [5.74, 6) is -0.234. The number of halogens is 3. The van der Waals surface area contributed by atoms with Crippen molar-refractivity contribution >= 4 is 39.9 Å². The van der Waals surface area contributed by atoms with Crippen molar-refractivity contribution in [1.29, 1.82) is 0 Å². The maximum absolute atomic E-state index is 12.9. The van der Waals surface area contributed by atoms with Crippen LogP contribution in [-0.2, 0) is 6.54 Å². The fourth-order valence-corrected chi connectivity index (χ4v) is 2.22. The second-order valence-electron chi connectivity index (χ2n) is 3.44. The van der Waals surface area contributed by atoms with Crippen LogP contribution in [0.25, 0.3) is 0 Å². The first-order chi connectivity index (χ1) is 8.16. The SMILES string of the molecule is Fc1ccc(NCc2ccncc2Cl)c(I)c1. The molecule has 0 fully saturated rings. The second kappa shape index (κ2) is 5.64. The molecule has 0 bridgehead atoms. The first-order valence-electron chi connectivity index (χ1n) is 4.94. The quantitative estimate of drug-likeness (QED) is 0.832. The number of nitrogens with one attached hydrogen (secondary N) is 1. The zero-order valence-electron chi connectivity index (χ0n) is 8.75. The average Bonchev–Trinajstić information content (AvgIpc) is 2.30. The van der Waals surface area contributed by atoms with E-state index in [9.17, 15) is 4.39 Å². The predicted molar refractivity (Wildman–Crippen MR) is 75.7 cm³/mol. The van der Waals surface area contributed by atoms with Gasteiger partial charge in [-0.1, -0.05) is 11.6 Å². The van der Waals surface area contributed by atoms with Crippen molar-refractivity contribution < 1.29 is 4.39 Å². The molecule has 2 rings (SSSR count). The first kappa shape index (κ1) is 12.6. The van der Waals surface area contributed by atoms with Gasteiger partial charge in [0.2, 0.25) is 0 Å². The lowest BCUT2D eigenvalue weighted by Crippen LogP contribution is -2.02. The summed E-state index contributed by atoms with van der Waals surface area (Å²) >= 11 is 8.08. The van der Waals surface area contributed by atoms with Crippen LogP contribution in [0, 0.1) is 9.39 Å². The monoisotopic (exact) mass is 362 g/mol. The summed E-state index contributed by atoms with van der Waals surface area (Å²) in [7, 11) is 0. The molecule has 17 heavy (non-hydrogen) atoms. The zero-order chi connectivity index (χ0) is 12.3. The van der Waals surface area contributed by atoms with Gasteiger partial charge in [0.25, 0.3) is 0 Å². The third-order valence-electron chi connectivity index (χ3n) is 2.26. The van der Waals surface area contributed by atoms with Crippen LogP contribution in [0.2, 0.25) is 5.02 Å². The number of benzene rings is 1. The largest absolute Gasteiger partial charge is 0.380 e. The fourth-order valence-electron chi connectivity index (χ4n) is 1.37. The van der Waals surface area contributed by atoms with Crippen molar-refractivity contribution in [3.8, 4) is 0 Å². The van der Waals surface area contributed by atoms with E-state index in [1.807, 2.05) is 6.07 Å². The molecule has 0 aliphatic heterocycles. The topological polar surface area (TPSA) is 24.9 Å². The van der Waals surface area contributed by atoms with Gasteiger partial charge in [0.15, 0.2) is 0 Å². The van der Waals surface area contributed by atoms with Crippen molar-refractivity contribution in [2.45, 2.75) is 6.54 Å². The van der Waals surface area contributed by atoms with Crippen LogP contribution in [0.4, 0.5) is 10.1 Å². The lowest BCUT2D eigenvalue weighted by atomic mass is 10.2. The summed E-state index contributed by atoms with van der Waals surface area (Å²) in [6.07, 6.45) is 3.30. The molecule has 0 saturated carbocycles. The van der Waals surface area contributed by atoms with Gasteiger partial charge in [0.1, 0.15) is 5.82 Å². The normalized spacial score (nSPS) is 10.3. The highest BCUT2D eigenvalue weighted by Crippen LogP contribution is 2.21. The molecule has 88 valence electrons. The van der Waals surface area contributed by atoms with Gasteiger partial charge in [-0.15, -0.1) is 0 Å². The fraction of sp³-hybridized carbons (Fsp3) is 0.0833. The maximum atomic E-state index is 12.9. The molecule has 1 heterocycles. The third-order valence-corrected chi connectivity index (χ3v) is 3.49. The van der Waals surface area contributed by atoms with Gasteiger partial charge in [-0.25, -0.2) is 4.39 Å². The highest BCUT2D eigenvalue weighted by molar-refractivity contribution is 14.1. The first-order valence-corrected chi connectivity index (χ1v) is 6.40. The van der Waals surface area contributed by atoms with E-state index in [0.29, 0.717) is 11.6 Å². The maximum Gasteiger partial charge on any atom is 0.124 e. The van der Waals surface area contributed by atoms with Gasteiger partial charge in [-0.2, -0.15) is 0 Å². The molecule has 1 aromatic heterocycles. The summed E-state index contributed by atoms with van der Waals surface area (Å²) in [6.45, 7) is 0.586.